The van der Waals surface area contributed by atoms with Crippen molar-refractivity contribution in [1.29, 1.82) is 0 Å². The monoisotopic (exact) mass is 206 g/mol. The van der Waals surface area contributed by atoms with E-state index < -0.39 is 6.09 Å². The zero-order chi connectivity index (χ0) is 11.3. The molecule has 0 unspecified atom stereocenters. The van der Waals surface area contributed by atoms with E-state index in [0.29, 0.717) is 0 Å². The van der Waals surface area contributed by atoms with Gasteiger partial charge in [-0.15, -0.1) is 0 Å². The van der Waals surface area contributed by atoms with Crippen molar-refractivity contribution in [3.63, 3.8) is 0 Å². The molecule has 0 aliphatic rings. The van der Waals surface area contributed by atoms with Crippen LogP contribution >= 0.6 is 0 Å². The molecule has 0 aromatic heterocycles. The van der Waals surface area contributed by atoms with Gasteiger partial charge in [-0.3, -0.25) is 4.90 Å². The fraction of sp³-hybridized carbons (Fsp3) is 0.182. The lowest BCUT2D eigenvalue weighted by molar-refractivity contribution is 0.113. The normalized spacial score (nSPS) is 9.40. The number of hydrogen-bond acceptors (Lipinski definition) is 3. The van der Waals surface area contributed by atoms with Crippen molar-refractivity contribution < 1.29 is 9.53 Å². The second-order valence-corrected chi connectivity index (χ2v) is 3.09. The highest BCUT2D eigenvalue weighted by atomic mass is 16.6. The predicted octanol–water partition coefficient (Wildman–Crippen LogP) is 1.68. The molecule has 80 valence electrons. The van der Waals surface area contributed by atoms with Gasteiger partial charge in [0.25, 0.3) is 0 Å². The van der Waals surface area contributed by atoms with Crippen molar-refractivity contribution in [2.45, 2.75) is 6.61 Å². The Kier molecular flexibility index (Phi) is 3.74. The van der Waals surface area contributed by atoms with Crippen LogP contribution in [0.4, 0.5) is 4.79 Å². The van der Waals surface area contributed by atoms with Gasteiger partial charge in [0, 0.05) is 7.05 Å². The van der Waals surface area contributed by atoms with Crippen LogP contribution in [-0.2, 0) is 11.3 Å². The maximum atomic E-state index is 11.3. The quantitative estimate of drug-likeness (QED) is 0.818. The number of benzene rings is 1. The molecule has 1 aromatic carbocycles. The molecule has 0 bridgehead atoms. The van der Waals surface area contributed by atoms with Crippen LogP contribution in [0.3, 0.4) is 0 Å². The molecular formula is C11H14N2O2. The maximum absolute atomic E-state index is 11.3. The molecule has 4 nitrogen and oxygen atoms in total. The summed E-state index contributed by atoms with van der Waals surface area (Å²) in [5, 5.41) is 0. The summed E-state index contributed by atoms with van der Waals surface area (Å²) in [6.07, 6.45) is -0.508. The summed E-state index contributed by atoms with van der Waals surface area (Å²) < 4.78 is 5.00. The Hall–Kier alpha value is -1.97. The van der Waals surface area contributed by atoms with Gasteiger partial charge >= 0.3 is 6.09 Å². The van der Waals surface area contributed by atoms with Gasteiger partial charge in [0.1, 0.15) is 12.4 Å². The molecule has 0 saturated carbocycles. The van der Waals surface area contributed by atoms with Crippen molar-refractivity contribution in [2.24, 2.45) is 5.73 Å². The lowest BCUT2D eigenvalue weighted by atomic mass is 10.2. The molecule has 0 saturated heterocycles. The second kappa shape index (κ2) is 5.05. The highest BCUT2D eigenvalue weighted by Crippen LogP contribution is 2.03. The fourth-order valence-electron chi connectivity index (χ4n) is 0.933. The summed E-state index contributed by atoms with van der Waals surface area (Å²) in [5.41, 5.74) is 6.27. The Morgan fingerprint density at radius 1 is 1.47 bits per heavy atom. The maximum Gasteiger partial charge on any atom is 0.415 e. The van der Waals surface area contributed by atoms with Crippen LogP contribution in [0.15, 0.2) is 42.7 Å². The third-order valence-electron chi connectivity index (χ3n) is 1.91. The third kappa shape index (κ3) is 3.34. The third-order valence-corrected chi connectivity index (χ3v) is 1.91. The van der Waals surface area contributed by atoms with Gasteiger partial charge in [0.2, 0.25) is 0 Å². The van der Waals surface area contributed by atoms with Gasteiger partial charge in [-0.1, -0.05) is 36.9 Å². The number of carbonyl (C=O) groups is 1. The summed E-state index contributed by atoms with van der Waals surface area (Å²) >= 11 is 0. The Balaban J connectivity index is 2.44. The lowest BCUT2D eigenvalue weighted by Crippen LogP contribution is -2.29. The van der Waals surface area contributed by atoms with Gasteiger partial charge in [-0.05, 0) is 5.56 Å². The second-order valence-electron chi connectivity index (χ2n) is 3.09. The van der Waals surface area contributed by atoms with Crippen LogP contribution in [-0.4, -0.2) is 18.0 Å². The number of amides is 1. The minimum absolute atomic E-state index is 0.160. The average Bonchev–Trinajstić information content (AvgIpc) is 2.26. The van der Waals surface area contributed by atoms with Crippen molar-refractivity contribution in [3.05, 3.63) is 48.3 Å². The Bertz CT molecular complexity index is 349. The minimum Gasteiger partial charge on any atom is -0.444 e. The van der Waals surface area contributed by atoms with E-state index in [0.717, 1.165) is 10.5 Å². The highest BCUT2D eigenvalue weighted by molar-refractivity contribution is 5.69. The first-order valence-corrected chi connectivity index (χ1v) is 4.50. The average molecular weight is 206 g/mol. The molecule has 0 atom stereocenters. The first-order valence-electron chi connectivity index (χ1n) is 4.50. The van der Waals surface area contributed by atoms with Crippen LogP contribution < -0.4 is 5.73 Å². The molecule has 0 spiro atoms. The number of rotatable bonds is 3. The molecule has 2 N–H and O–H groups in total. The van der Waals surface area contributed by atoms with Crippen LogP contribution in [0.5, 0.6) is 0 Å². The van der Waals surface area contributed by atoms with Gasteiger partial charge in [-0.25, -0.2) is 4.79 Å². The summed E-state index contributed by atoms with van der Waals surface area (Å²) in [5.74, 6) is 0.160. The van der Waals surface area contributed by atoms with Crippen molar-refractivity contribution in [3.8, 4) is 0 Å². The number of nitrogens with zero attached hydrogens (tertiary/aromatic N) is 1. The molecular weight excluding hydrogens is 192 g/mol. The molecule has 1 amide bonds. The predicted molar refractivity (Wildman–Crippen MR) is 57.7 cm³/mol. The van der Waals surface area contributed by atoms with Crippen LogP contribution in [0.2, 0.25) is 0 Å². The number of ether oxygens (including phenoxy) is 1. The van der Waals surface area contributed by atoms with Gasteiger partial charge in [0.15, 0.2) is 0 Å². The zero-order valence-corrected chi connectivity index (χ0v) is 8.64. The van der Waals surface area contributed by atoms with E-state index in [1.807, 2.05) is 30.3 Å². The molecule has 0 radical (unpaired) electrons. The molecule has 0 heterocycles. The number of hydrogen-bond donors (Lipinski definition) is 1. The topological polar surface area (TPSA) is 55.6 Å². The van der Waals surface area contributed by atoms with E-state index in [-0.39, 0.29) is 12.4 Å². The number of nitrogens with two attached hydrogens (primary N) is 1. The summed E-state index contributed by atoms with van der Waals surface area (Å²) in [4.78, 5) is 12.5. The van der Waals surface area contributed by atoms with E-state index in [1.165, 1.54) is 7.05 Å². The summed E-state index contributed by atoms with van der Waals surface area (Å²) in [7, 11) is 1.51. The van der Waals surface area contributed by atoms with Crippen molar-refractivity contribution >= 4 is 6.09 Å². The van der Waals surface area contributed by atoms with E-state index in [2.05, 4.69) is 6.58 Å². The first-order chi connectivity index (χ1) is 7.11. The molecule has 4 heteroatoms. The molecule has 15 heavy (non-hydrogen) atoms. The van der Waals surface area contributed by atoms with E-state index in [1.54, 1.807) is 0 Å². The molecule has 0 fully saturated rings. The summed E-state index contributed by atoms with van der Waals surface area (Å²) in [6, 6.07) is 9.43. The zero-order valence-electron chi connectivity index (χ0n) is 8.64. The molecule has 1 rings (SSSR count). The van der Waals surface area contributed by atoms with E-state index >= 15 is 0 Å². The minimum atomic E-state index is -0.508. The number of carbonyl (C=O) groups excluding carboxylic acids is 1. The Labute approximate surface area is 88.9 Å². The Morgan fingerprint density at radius 2 is 2.07 bits per heavy atom. The Morgan fingerprint density at radius 3 is 2.60 bits per heavy atom. The molecule has 0 aliphatic carbocycles. The molecule has 1 aromatic rings. The standard InChI is InChI=1S/C11H14N2O2/c1-9(12)13(2)11(14)15-8-10-6-4-3-5-7-10/h3-7H,1,8,12H2,2H3. The van der Waals surface area contributed by atoms with Gasteiger partial charge in [-0.2, -0.15) is 0 Å². The van der Waals surface area contributed by atoms with Crippen LogP contribution in [0.1, 0.15) is 5.56 Å². The summed E-state index contributed by atoms with van der Waals surface area (Å²) in [6.45, 7) is 3.67. The van der Waals surface area contributed by atoms with Gasteiger partial charge in [0.05, 0.1) is 0 Å². The van der Waals surface area contributed by atoms with Crippen LogP contribution in [0, 0.1) is 0 Å². The van der Waals surface area contributed by atoms with Crippen molar-refractivity contribution in [1.82, 2.24) is 4.90 Å². The van der Waals surface area contributed by atoms with E-state index in [4.69, 9.17) is 10.5 Å². The van der Waals surface area contributed by atoms with Gasteiger partial charge < -0.3 is 10.5 Å². The SMILES string of the molecule is C=C(N)N(C)C(=O)OCc1ccccc1. The van der Waals surface area contributed by atoms with Crippen molar-refractivity contribution in [2.75, 3.05) is 7.05 Å². The highest BCUT2D eigenvalue weighted by Gasteiger charge is 2.10. The van der Waals surface area contributed by atoms with Crippen LogP contribution in [0.25, 0.3) is 0 Å². The first kappa shape index (κ1) is 11.1. The van der Waals surface area contributed by atoms with E-state index in [9.17, 15) is 4.79 Å². The largest absolute Gasteiger partial charge is 0.444 e. The lowest BCUT2D eigenvalue weighted by Gasteiger charge is -2.15. The smallest absolute Gasteiger partial charge is 0.415 e. The molecule has 0 aliphatic heterocycles. The fourth-order valence-corrected chi connectivity index (χ4v) is 0.933.